The van der Waals surface area contributed by atoms with Crippen molar-refractivity contribution >= 4 is 21.6 Å². The topological polar surface area (TPSA) is 70.9 Å². The molecule has 1 amide bonds. The van der Waals surface area contributed by atoms with Gasteiger partial charge >= 0.3 is 0 Å². The second-order valence-corrected chi connectivity index (χ2v) is 9.38. The fraction of sp³-hybridized carbons (Fsp3) is 0.381. The Morgan fingerprint density at radius 3 is 2.24 bits per heavy atom. The summed E-state index contributed by atoms with van der Waals surface area (Å²) < 4.78 is 40.7. The lowest BCUT2D eigenvalue weighted by atomic mass is 10.1. The van der Waals surface area contributed by atoms with E-state index in [1.54, 1.807) is 0 Å². The average Bonchev–Trinajstić information content (AvgIpc) is 2.70. The van der Waals surface area contributed by atoms with Crippen molar-refractivity contribution in [3.05, 3.63) is 59.4 Å². The minimum absolute atomic E-state index is 0.0946. The summed E-state index contributed by atoms with van der Waals surface area (Å²) in [6.07, 6.45) is 0. The SMILES string of the molecule is Cc1cccc(C)c1NC(=O)[C@H](C)[NH+]1CCN(S(=O)(=O)c2ccccc2F)CC1. The molecule has 1 fully saturated rings. The predicted octanol–water partition coefficient (Wildman–Crippen LogP) is 1.36. The highest BCUT2D eigenvalue weighted by atomic mass is 32.2. The summed E-state index contributed by atoms with van der Waals surface area (Å²) in [6.45, 7) is 7.20. The third-order valence-corrected chi connectivity index (χ3v) is 7.49. The van der Waals surface area contributed by atoms with Gasteiger partial charge in [0.25, 0.3) is 5.91 Å². The molecule has 1 atom stereocenters. The molecule has 1 saturated heterocycles. The van der Waals surface area contributed by atoms with Crippen molar-refractivity contribution < 1.29 is 22.5 Å². The molecular formula is C21H27FN3O3S+. The van der Waals surface area contributed by atoms with Crippen molar-refractivity contribution in [1.82, 2.24) is 4.31 Å². The number of benzene rings is 2. The Bertz CT molecular complexity index is 982. The Hall–Kier alpha value is -2.29. The molecule has 0 radical (unpaired) electrons. The van der Waals surface area contributed by atoms with Crippen molar-refractivity contribution in [2.45, 2.75) is 31.7 Å². The number of anilines is 1. The second kappa shape index (κ2) is 8.61. The zero-order valence-electron chi connectivity index (χ0n) is 16.9. The van der Waals surface area contributed by atoms with Gasteiger partial charge in [0.15, 0.2) is 6.04 Å². The van der Waals surface area contributed by atoms with E-state index in [0.29, 0.717) is 13.1 Å². The number of amides is 1. The molecule has 2 aromatic rings. The lowest BCUT2D eigenvalue weighted by molar-refractivity contribution is -0.917. The zero-order chi connectivity index (χ0) is 21.2. The van der Waals surface area contributed by atoms with Gasteiger partial charge < -0.3 is 10.2 Å². The smallest absolute Gasteiger partial charge is 0.282 e. The van der Waals surface area contributed by atoms with Gasteiger partial charge in [-0.05, 0) is 44.0 Å². The zero-order valence-corrected chi connectivity index (χ0v) is 17.7. The number of sulfonamides is 1. The van der Waals surface area contributed by atoms with E-state index in [4.69, 9.17) is 0 Å². The normalized spacial score (nSPS) is 17.1. The number of piperazine rings is 1. The van der Waals surface area contributed by atoms with Crippen LogP contribution >= 0.6 is 0 Å². The van der Waals surface area contributed by atoms with E-state index in [9.17, 15) is 17.6 Å². The van der Waals surface area contributed by atoms with Crippen LogP contribution in [0.4, 0.5) is 10.1 Å². The molecular weight excluding hydrogens is 393 g/mol. The van der Waals surface area contributed by atoms with E-state index in [1.807, 2.05) is 39.0 Å². The minimum atomic E-state index is -3.88. The molecule has 156 valence electrons. The Morgan fingerprint density at radius 2 is 1.66 bits per heavy atom. The molecule has 0 aliphatic carbocycles. The van der Waals surface area contributed by atoms with Crippen LogP contribution in [-0.2, 0) is 14.8 Å². The minimum Gasteiger partial charge on any atom is -0.323 e. The van der Waals surface area contributed by atoms with Gasteiger partial charge in [-0.3, -0.25) is 4.79 Å². The van der Waals surface area contributed by atoms with E-state index in [-0.39, 0.29) is 29.9 Å². The van der Waals surface area contributed by atoms with Gasteiger partial charge in [0, 0.05) is 5.69 Å². The number of carbonyl (C=O) groups is 1. The lowest BCUT2D eigenvalue weighted by Gasteiger charge is -2.34. The highest BCUT2D eigenvalue weighted by molar-refractivity contribution is 7.89. The van der Waals surface area contributed by atoms with Crippen LogP contribution in [0.5, 0.6) is 0 Å². The molecule has 2 aromatic carbocycles. The van der Waals surface area contributed by atoms with Gasteiger partial charge in [0.05, 0.1) is 26.2 Å². The maximum atomic E-state index is 14.0. The van der Waals surface area contributed by atoms with Gasteiger partial charge in [0.1, 0.15) is 10.7 Å². The Balaban J connectivity index is 1.64. The monoisotopic (exact) mass is 420 g/mol. The number of halogens is 1. The van der Waals surface area contributed by atoms with Crippen LogP contribution < -0.4 is 10.2 Å². The number of hydrogen-bond donors (Lipinski definition) is 2. The van der Waals surface area contributed by atoms with Crippen molar-refractivity contribution in [1.29, 1.82) is 0 Å². The quantitative estimate of drug-likeness (QED) is 0.767. The fourth-order valence-electron chi connectivity index (χ4n) is 3.67. The van der Waals surface area contributed by atoms with Crippen molar-refractivity contribution in [2.75, 3.05) is 31.5 Å². The number of aryl methyl sites for hydroxylation is 2. The summed E-state index contributed by atoms with van der Waals surface area (Å²) in [5, 5.41) is 3.01. The molecule has 0 bridgehead atoms. The maximum Gasteiger partial charge on any atom is 0.282 e. The molecule has 1 heterocycles. The van der Waals surface area contributed by atoms with E-state index < -0.39 is 15.8 Å². The number of carbonyl (C=O) groups excluding carboxylic acids is 1. The first kappa shape index (κ1) is 21.4. The molecule has 0 aromatic heterocycles. The van der Waals surface area contributed by atoms with Crippen LogP contribution in [0.2, 0.25) is 0 Å². The highest BCUT2D eigenvalue weighted by Gasteiger charge is 2.35. The first-order valence-electron chi connectivity index (χ1n) is 9.68. The highest BCUT2D eigenvalue weighted by Crippen LogP contribution is 2.20. The van der Waals surface area contributed by atoms with E-state index in [2.05, 4.69) is 5.32 Å². The Morgan fingerprint density at radius 1 is 1.07 bits per heavy atom. The number of para-hydroxylation sites is 1. The summed E-state index contributed by atoms with van der Waals surface area (Å²) in [7, 11) is -3.88. The first-order chi connectivity index (χ1) is 13.7. The van der Waals surface area contributed by atoms with Crippen LogP contribution in [0.1, 0.15) is 18.1 Å². The molecule has 1 aliphatic heterocycles. The molecule has 1 aliphatic rings. The summed E-state index contributed by atoms with van der Waals surface area (Å²) >= 11 is 0. The summed E-state index contributed by atoms with van der Waals surface area (Å²) in [5.74, 6) is -0.841. The van der Waals surface area contributed by atoms with E-state index in [0.717, 1.165) is 27.8 Å². The van der Waals surface area contributed by atoms with Crippen LogP contribution in [0.15, 0.2) is 47.4 Å². The van der Waals surface area contributed by atoms with Crippen molar-refractivity contribution in [3.63, 3.8) is 0 Å². The van der Waals surface area contributed by atoms with Gasteiger partial charge in [-0.2, -0.15) is 4.31 Å². The standard InChI is InChI=1S/C21H26FN3O3S/c1-15-7-6-8-16(2)20(15)23-21(26)17(3)24-11-13-25(14-12-24)29(27,28)19-10-5-4-9-18(19)22/h4-10,17H,11-14H2,1-3H3,(H,23,26)/p+1/t17-/m0/s1. The molecule has 8 heteroatoms. The van der Waals surface area contributed by atoms with Crippen LogP contribution in [0, 0.1) is 19.7 Å². The first-order valence-corrected chi connectivity index (χ1v) is 11.1. The summed E-state index contributed by atoms with van der Waals surface area (Å²) in [4.78, 5) is 13.5. The number of rotatable bonds is 5. The third kappa shape index (κ3) is 4.49. The number of nitrogens with zero attached hydrogens (tertiary/aromatic N) is 1. The fourth-order valence-corrected chi connectivity index (χ4v) is 5.17. The number of hydrogen-bond acceptors (Lipinski definition) is 3. The largest absolute Gasteiger partial charge is 0.323 e. The van der Waals surface area contributed by atoms with E-state index in [1.165, 1.54) is 22.5 Å². The van der Waals surface area contributed by atoms with Gasteiger partial charge in [0.2, 0.25) is 10.0 Å². The Labute approximate surface area is 171 Å². The van der Waals surface area contributed by atoms with Gasteiger partial charge in [-0.15, -0.1) is 0 Å². The average molecular weight is 421 g/mol. The molecule has 29 heavy (non-hydrogen) atoms. The molecule has 0 unspecified atom stereocenters. The van der Waals surface area contributed by atoms with Gasteiger partial charge in [-0.25, -0.2) is 12.8 Å². The Kier molecular flexibility index (Phi) is 6.36. The lowest BCUT2D eigenvalue weighted by Crippen LogP contribution is -3.19. The van der Waals surface area contributed by atoms with Crippen molar-refractivity contribution in [3.8, 4) is 0 Å². The van der Waals surface area contributed by atoms with E-state index >= 15 is 0 Å². The summed E-state index contributed by atoms with van der Waals surface area (Å²) in [6, 6.07) is 10.9. The predicted molar refractivity (Wildman–Crippen MR) is 110 cm³/mol. The molecule has 2 N–H and O–H groups in total. The number of quaternary nitrogens is 1. The third-order valence-electron chi connectivity index (χ3n) is 5.55. The second-order valence-electron chi connectivity index (χ2n) is 7.47. The molecule has 0 spiro atoms. The van der Waals surface area contributed by atoms with Crippen LogP contribution in [0.3, 0.4) is 0 Å². The molecule has 3 rings (SSSR count). The van der Waals surface area contributed by atoms with Gasteiger partial charge in [-0.1, -0.05) is 30.3 Å². The maximum absolute atomic E-state index is 14.0. The van der Waals surface area contributed by atoms with Crippen LogP contribution in [0.25, 0.3) is 0 Å². The molecule has 6 nitrogen and oxygen atoms in total. The number of nitrogens with one attached hydrogen (secondary N) is 2. The molecule has 0 saturated carbocycles. The van der Waals surface area contributed by atoms with Crippen molar-refractivity contribution in [2.24, 2.45) is 0 Å². The summed E-state index contributed by atoms with van der Waals surface area (Å²) in [5.41, 5.74) is 2.83. The van der Waals surface area contributed by atoms with Crippen LogP contribution in [-0.4, -0.2) is 50.9 Å².